The summed E-state index contributed by atoms with van der Waals surface area (Å²) < 4.78 is 2.30. The summed E-state index contributed by atoms with van der Waals surface area (Å²) in [5.74, 6) is 1.20. The van der Waals surface area contributed by atoms with Gasteiger partial charge >= 0.3 is 0 Å². The lowest BCUT2D eigenvalue weighted by atomic mass is 9.79. The van der Waals surface area contributed by atoms with Crippen molar-refractivity contribution in [2.24, 2.45) is 0 Å². The van der Waals surface area contributed by atoms with E-state index in [1.165, 1.54) is 22.3 Å². The van der Waals surface area contributed by atoms with Gasteiger partial charge in [0.1, 0.15) is 11.6 Å². The minimum Gasteiger partial charge on any atom is -0.507 e. The fourth-order valence-electron chi connectivity index (χ4n) is 8.30. The summed E-state index contributed by atoms with van der Waals surface area (Å²) in [5, 5.41) is 14.7. The summed E-state index contributed by atoms with van der Waals surface area (Å²) >= 11 is 0. The maximum Gasteiger partial charge on any atom is 0.149 e. The highest BCUT2D eigenvalue weighted by Crippen LogP contribution is 2.46. The molecule has 0 aliphatic rings. The third-order valence-corrected chi connectivity index (χ3v) is 11.8. The number of rotatable bonds is 6. The van der Waals surface area contributed by atoms with Crippen LogP contribution in [0.3, 0.4) is 0 Å². The molecule has 0 atom stereocenters. The average molecular weight is 776 g/mol. The number of fused-ring (bicyclic) bond motifs is 2. The van der Waals surface area contributed by atoms with Gasteiger partial charge in [0.25, 0.3) is 0 Å². The van der Waals surface area contributed by atoms with Crippen molar-refractivity contribution >= 4 is 21.8 Å². The fraction of sp³-hybridized carbons (Fsp3) is 0.273. The molecule has 0 saturated heterocycles. The first-order valence-electron chi connectivity index (χ1n) is 21.0. The van der Waals surface area contributed by atoms with E-state index < -0.39 is 0 Å². The van der Waals surface area contributed by atoms with Gasteiger partial charge in [0.15, 0.2) is 0 Å². The van der Waals surface area contributed by atoms with Crippen LogP contribution in [0.5, 0.6) is 5.75 Å². The summed E-state index contributed by atoms with van der Waals surface area (Å²) in [4.78, 5) is 10.6. The molecule has 4 nitrogen and oxygen atoms in total. The van der Waals surface area contributed by atoms with E-state index in [1.807, 2.05) is 6.20 Å². The molecule has 6 aromatic carbocycles. The predicted molar refractivity (Wildman–Crippen MR) is 250 cm³/mol. The summed E-state index contributed by atoms with van der Waals surface area (Å²) in [6.07, 6.45) is 1.91. The second kappa shape index (κ2) is 14.7. The van der Waals surface area contributed by atoms with Crippen LogP contribution in [-0.4, -0.2) is 19.6 Å². The van der Waals surface area contributed by atoms with Crippen molar-refractivity contribution < 1.29 is 5.11 Å². The van der Waals surface area contributed by atoms with Crippen LogP contribution in [0.4, 0.5) is 0 Å². The van der Waals surface area contributed by atoms with E-state index in [1.54, 1.807) is 0 Å². The molecule has 0 saturated carbocycles. The molecule has 298 valence electrons. The number of para-hydroxylation sites is 1. The van der Waals surface area contributed by atoms with Crippen LogP contribution in [0, 0.1) is 0 Å². The zero-order chi connectivity index (χ0) is 42.0. The van der Waals surface area contributed by atoms with Crippen LogP contribution < -0.4 is 0 Å². The SMILES string of the molecule is CC(C)c1cc(-c2ccccc2)ccc1-n1c(-c2cc(C(C)(C)C)cc(C(C)(C)C)c2O)nc2c(-c3cc(-c4nccc5ccccc45)cc(C(C)(C)C)c3)cccc21. The molecule has 0 aliphatic heterocycles. The Balaban J connectivity index is 1.47. The number of hydrogen-bond donors (Lipinski definition) is 1. The molecule has 8 rings (SSSR count). The van der Waals surface area contributed by atoms with Gasteiger partial charge in [-0.3, -0.25) is 9.55 Å². The molecular weight excluding hydrogens is 719 g/mol. The molecule has 59 heavy (non-hydrogen) atoms. The number of aromatic hydroxyl groups is 1. The zero-order valence-electron chi connectivity index (χ0n) is 36.6. The Morgan fingerprint density at radius 2 is 1.24 bits per heavy atom. The van der Waals surface area contributed by atoms with Crippen LogP contribution >= 0.6 is 0 Å². The van der Waals surface area contributed by atoms with Crippen molar-refractivity contribution in [2.75, 3.05) is 0 Å². The van der Waals surface area contributed by atoms with E-state index in [2.05, 4.69) is 208 Å². The van der Waals surface area contributed by atoms with E-state index in [0.717, 1.165) is 72.4 Å². The molecular formula is C55H57N3O. The van der Waals surface area contributed by atoms with Crippen molar-refractivity contribution in [1.82, 2.24) is 14.5 Å². The molecule has 4 heteroatoms. The minimum atomic E-state index is -0.304. The summed E-state index contributed by atoms with van der Waals surface area (Å²) in [6.45, 7) is 24.5. The van der Waals surface area contributed by atoms with Gasteiger partial charge in [-0.1, -0.05) is 161 Å². The Bertz CT molecular complexity index is 2850. The Hall–Kier alpha value is -6.00. The Morgan fingerprint density at radius 3 is 1.93 bits per heavy atom. The van der Waals surface area contributed by atoms with Crippen LogP contribution in [0.1, 0.15) is 104 Å². The van der Waals surface area contributed by atoms with Crippen LogP contribution in [-0.2, 0) is 16.2 Å². The zero-order valence-corrected chi connectivity index (χ0v) is 36.6. The lowest BCUT2D eigenvalue weighted by Gasteiger charge is -2.28. The summed E-state index contributed by atoms with van der Waals surface area (Å²) in [7, 11) is 0. The highest BCUT2D eigenvalue weighted by atomic mass is 16.3. The Kier molecular flexibility index (Phi) is 9.90. The van der Waals surface area contributed by atoms with E-state index in [9.17, 15) is 5.11 Å². The predicted octanol–water partition coefficient (Wildman–Crippen LogP) is 15.0. The highest BCUT2D eigenvalue weighted by Gasteiger charge is 2.30. The van der Waals surface area contributed by atoms with E-state index in [-0.39, 0.29) is 27.9 Å². The molecule has 0 spiro atoms. The molecule has 1 N–H and O–H groups in total. The van der Waals surface area contributed by atoms with E-state index >= 15 is 0 Å². The van der Waals surface area contributed by atoms with Crippen molar-refractivity contribution in [1.29, 1.82) is 0 Å². The van der Waals surface area contributed by atoms with Gasteiger partial charge < -0.3 is 5.11 Å². The smallest absolute Gasteiger partial charge is 0.149 e. The Labute approximate surface area is 350 Å². The first kappa shape index (κ1) is 39.8. The molecule has 0 bridgehead atoms. The van der Waals surface area contributed by atoms with Gasteiger partial charge in [-0.2, -0.15) is 0 Å². The summed E-state index contributed by atoms with van der Waals surface area (Å²) in [5.41, 5.74) is 14.1. The van der Waals surface area contributed by atoms with E-state index in [4.69, 9.17) is 9.97 Å². The maximum absolute atomic E-state index is 12.4. The van der Waals surface area contributed by atoms with Gasteiger partial charge in [-0.25, -0.2) is 4.98 Å². The van der Waals surface area contributed by atoms with Crippen LogP contribution in [0.15, 0.2) is 134 Å². The van der Waals surface area contributed by atoms with E-state index in [0.29, 0.717) is 0 Å². The third-order valence-electron chi connectivity index (χ3n) is 11.8. The second-order valence-corrected chi connectivity index (χ2v) is 19.6. The van der Waals surface area contributed by atoms with Crippen molar-refractivity contribution in [3.05, 3.63) is 156 Å². The molecule has 0 unspecified atom stereocenters. The number of imidazole rings is 1. The highest BCUT2D eigenvalue weighted by molar-refractivity contribution is 5.99. The standard InChI is InChI=1S/C55H57N3O/c1-34(2)44-31-37(35-18-13-12-14-19-35)24-25-47(44)58-48-23-17-22-43(50(48)57-52(58)45-32-41(54(6,7)8)33-46(51(45)59)55(9,10)11)38-28-39(30-40(29-38)53(3,4)5)49-42-21-16-15-20-36(42)26-27-56-49/h12-34,59H,1-11H3. The quantitative estimate of drug-likeness (QED) is 0.183. The second-order valence-electron chi connectivity index (χ2n) is 19.6. The lowest BCUT2D eigenvalue weighted by Crippen LogP contribution is -2.17. The number of hydrogen-bond acceptors (Lipinski definition) is 3. The number of nitrogens with zero attached hydrogens (tertiary/aromatic N) is 3. The molecule has 0 aliphatic carbocycles. The molecule has 0 fully saturated rings. The maximum atomic E-state index is 12.4. The number of benzene rings is 6. The normalized spacial score (nSPS) is 12.5. The molecule has 2 heterocycles. The largest absolute Gasteiger partial charge is 0.507 e. The van der Waals surface area contributed by atoms with Gasteiger partial charge in [-0.15, -0.1) is 0 Å². The van der Waals surface area contributed by atoms with Gasteiger partial charge in [-0.05, 0) is 103 Å². The van der Waals surface area contributed by atoms with Crippen LogP contribution in [0.25, 0.3) is 72.4 Å². The van der Waals surface area contributed by atoms with Gasteiger partial charge in [0, 0.05) is 28.3 Å². The van der Waals surface area contributed by atoms with Gasteiger partial charge in [0.2, 0.25) is 0 Å². The number of phenols is 1. The van der Waals surface area contributed by atoms with Gasteiger partial charge in [0.05, 0.1) is 28.0 Å². The van der Waals surface area contributed by atoms with Crippen molar-refractivity contribution in [3.8, 4) is 56.3 Å². The third kappa shape index (κ3) is 7.46. The minimum absolute atomic E-state index is 0.122. The topological polar surface area (TPSA) is 50.9 Å². The number of phenolic OH excluding ortho intramolecular Hbond substituents is 1. The first-order chi connectivity index (χ1) is 27.9. The summed E-state index contributed by atoms with van der Waals surface area (Å²) in [6, 6.07) is 45.7. The Morgan fingerprint density at radius 1 is 0.559 bits per heavy atom. The van der Waals surface area contributed by atoms with Crippen molar-refractivity contribution in [3.63, 3.8) is 0 Å². The molecule has 8 aromatic rings. The molecule has 0 amide bonds. The fourth-order valence-corrected chi connectivity index (χ4v) is 8.30. The molecule has 0 radical (unpaired) electrons. The molecule has 2 aromatic heterocycles. The lowest BCUT2D eigenvalue weighted by molar-refractivity contribution is 0.446. The first-order valence-corrected chi connectivity index (χ1v) is 21.0. The average Bonchev–Trinajstić information content (AvgIpc) is 3.59. The van der Waals surface area contributed by atoms with Crippen molar-refractivity contribution in [2.45, 2.75) is 98.3 Å². The number of aromatic nitrogens is 3. The van der Waals surface area contributed by atoms with Crippen LogP contribution in [0.2, 0.25) is 0 Å². The number of pyridine rings is 1. The monoisotopic (exact) mass is 775 g/mol.